The van der Waals surface area contributed by atoms with Crippen LogP contribution >= 0.6 is 0 Å². The third kappa shape index (κ3) is 13.0. The summed E-state index contributed by atoms with van der Waals surface area (Å²) in [4.78, 5) is 62.9. The van der Waals surface area contributed by atoms with Crippen LogP contribution in [0.5, 0.6) is 0 Å². The molecule has 7 N–H and O–H groups in total. The fourth-order valence-corrected chi connectivity index (χ4v) is 2.61. The highest BCUT2D eigenvalue weighted by atomic mass is 16.5. The van der Waals surface area contributed by atoms with Crippen molar-refractivity contribution in [1.82, 2.24) is 16.0 Å². The lowest BCUT2D eigenvalue weighted by molar-refractivity contribution is -0.152. The zero-order chi connectivity index (χ0) is 25.6. The van der Waals surface area contributed by atoms with Gasteiger partial charge in [-0.2, -0.15) is 4.79 Å². The lowest BCUT2D eigenvalue weighted by atomic mass is 10.0. The lowest BCUT2D eigenvalue weighted by Gasteiger charge is -2.25. The molecule has 33 heavy (non-hydrogen) atoms. The number of primary amides is 1. The summed E-state index contributed by atoms with van der Waals surface area (Å²) >= 11 is 0. The minimum atomic E-state index is -1.18. The first-order chi connectivity index (χ1) is 15.4. The van der Waals surface area contributed by atoms with E-state index in [1.165, 1.54) is 0 Å². The van der Waals surface area contributed by atoms with Crippen LogP contribution in [0.1, 0.15) is 53.4 Å². The monoisotopic (exact) mass is 469 g/mol. The van der Waals surface area contributed by atoms with E-state index in [4.69, 9.17) is 21.7 Å². The summed E-state index contributed by atoms with van der Waals surface area (Å²) in [5, 5.41) is 7.45. The van der Waals surface area contributed by atoms with Crippen LogP contribution in [0.3, 0.4) is 0 Å². The number of amides is 4. The molecule has 3 unspecified atom stereocenters. The van der Waals surface area contributed by atoms with E-state index in [0.29, 0.717) is 12.6 Å². The number of ether oxygens (including phenoxy) is 1. The maximum atomic E-state index is 12.9. The first kappa shape index (κ1) is 29.7. The molecule has 13 nitrogen and oxygen atoms in total. The SMILES string of the molecule is CC(C)OC(=O)C(CCC(=O)C=[N+]=[N-])NC(=O)C(CCCNC(N)=O)NC(=O)C(N)C(C)C. The number of nitrogens with two attached hydrogens (primary N) is 2. The average molecular weight is 470 g/mol. The van der Waals surface area contributed by atoms with Gasteiger partial charge in [0.1, 0.15) is 12.1 Å². The Kier molecular flexibility index (Phi) is 13.9. The Morgan fingerprint density at radius 3 is 2.12 bits per heavy atom. The van der Waals surface area contributed by atoms with Gasteiger partial charge in [-0.15, -0.1) is 0 Å². The van der Waals surface area contributed by atoms with Crippen LogP contribution in [0.15, 0.2) is 0 Å². The van der Waals surface area contributed by atoms with Crippen LogP contribution in [0, 0.1) is 5.92 Å². The molecule has 0 bridgehead atoms. The highest BCUT2D eigenvalue weighted by Crippen LogP contribution is 2.07. The standard InChI is InChI=1S/C20H35N7O6/c1-11(2)16(21)18(30)26-14(6-5-9-24-20(22)32)17(29)27-15(19(31)33-12(3)4)8-7-13(28)10-25-23/h10-12,14-16H,5-9,21H2,1-4H3,(H,26,30)(H,27,29)(H3,22,24,32). The minimum absolute atomic E-state index is 0.114. The lowest BCUT2D eigenvalue weighted by Crippen LogP contribution is -2.55. The second-order valence-electron chi connectivity index (χ2n) is 8.06. The number of ketones is 1. The van der Waals surface area contributed by atoms with Crippen molar-refractivity contribution in [2.24, 2.45) is 17.4 Å². The topological polar surface area (TPSA) is 219 Å². The summed E-state index contributed by atoms with van der Waals surface area (Å²) in [6.07, 6.45) is 0.327. The summed E-state index contributed by atoms with van der Waals surface area (Å²) in [6, 6.07) is -3.84. The van der Waals surface area contributed by atoms with E-state index in [2.05, 4.69) is 20.7 Å². The molecular formula is C20H35N7O6. The Morgan fingerprint density at radius 2 is 1.61 bits per heavy atom. The summed E-state index contributed by atoms with van der Waals surface area (Å²) in [7, 11) is 0. The molecule has 0 aliphatic rings. The van der Waals surface area contributed by atoms with Gasteiger partial charge < -0.3 is 37.7 Å². The van der Waals surface area contributed by atoms with Crippen LogP contribution in [0.2, 0.25) is 0 Å². The number of nitrogens with zero attached hydrogens (tertiary/aromatic N) is 2. The number of nitrogens with one attached hydrogen (secondary N) is 3. The van der Waals surface area contributed by atoms with Gasteiger partial charge in [0.2, 0.25) is 17.6 Å². The van der Waals surface area contributed by atoms with Crippen LogP contribution < -0.4 is 27.4 Å². The molecule has 0 aliphatic heterocycles. The first-order valence-electron chi connectivity index (χ1n) is 10.7. The second-order valence-corrected chi connectivity index (χ2v) is 8.06. The van der Waals surface area contributed by atoms with Gasteiger partial charge in [0.05, 0.1) is 12.1 Å². The largest absolute Gasteiger partial charge is 0.461 e. The van der Waals surface area contributed by atoms with Crippen molar-refractivity contribution in [2.75, 3.05) is 6.54 Å². The maximum absolute atomic E-state index is 12.9. The molecule has 0 aromatic heterocycles. The highest BCUT2D eigenvalue weighted by Gasteiger charge is 2.30. The molecule has 0 aromatic rings. The van der Waals surface area contributed by atoms with E-state index in [9.17, 15) is 24.0 Å². The predicted octanol–water partition coefficient (Wildman–Crippen LogP) is -1.01. The molecule has 186 valence electrons. The van der Waals surface area contributed by atoms with Crippen molar-refractivity contribution in [2.45, 2.75) is 77.6 Å². The van der Waals surface area contributed by atoms with Crippen molar-refractivity contribution >= 4 is 35.8 Å². The van der Waals surface area contributed by atoms with E-state index < -0.39 is 53.8 Å². The Morgan fingerprint density at radius 1 is 1.00 bits per heavy atom. The number of carbonyl (C=O) groups is 5. The molecule has 0 rings (SSSR count). The van der Waals surface area contributed by atoms with Crippen molar-refractivity contribution in [3.05, 3.63) is 5.53 Å². The van der Waals surface area contributed by atoms with Crippen LogP contribution in [-0.2, 0) is 23.9 Å². The minimum Gasteiger partial charge on any atom is -0.461 e. The molecule has 0 spiro atoms. The molecule has 0 saturated heterocycles. The van der Waals surface area contributed by atoms with E-state index in [-0.39, 0.29) is 31.7 Å². The number of hydrogen-bond donors (Lipinski definition) is 5. The van der Waals surface area contributed by atoms with Crippen LogP contribution in [-0.4, -0.2) is 71.4 Å². The van der Waals surface area contributed by atoms with Gasteiger partial charge in [0.25, 0.3) is 0 Å². The molecule has 0 saturated carbocycles. The second kappa shape index (κ2) is 15.5. The van der Waals surface area contributed by atoms with Gasteiger partial charge in [0, 0.05) is 13.0 Å². The predicted molar refractivity (Wildman–Crippen MR) is 119 cm³/mol. The van der Waals surface area contributed by atoms with E-state index in [0.717, 1.165) is 0 Å². The average Bonchev–Trinajstić information content (AvgIpc) is 2.71. The normalized spacial score (nSPS) is 13.3. The summed E-state index contributed by atoms with van der Waals surface area (Å²) < 4.78 is 5.14. The fourth-order valence-electron chi connectivity index (χ4n) is 2.61. The Hall–Kier alpha value is -3.31. The van der Waals surface area contributed by atoms with E-state index >= 15 is 0 Å². The van der Waals surface area contributed by atoms with Gasteiger partial charge in [-0.25, -0.2) is 9.59 Å². The zero-order valence-electron chi connectivity index (χ0n) is 19.5. The first-order valence-corrected chi connectivity index (χ1v) is 10.7. The number of hydrogen-bond acceptors (Lipinski definition) is 7. The van der Waals surface area contributed by atoms with Gasteiger partial charge in [0.15, 0.2) is 0 Å². The summed E-state index contributed by atoms with van der Waals surface area (Å²) in [6.45, 7) is 6.92. The zero-order valence-corrected chi connectivity index (χ0v) is 19.5. The molecule has 0 fully saturated rings. The van der Waals surface area contributed by atoms with Gasteiger partial charge in [-0.3, -0.25) is 14.4 Å². The van der Waals surface area contributed by atoms with Crippen molar-refractivity contribution < 1.29 is 33.5 Å². The van der Waals surface area contributed by atoms with Gasteiger partial charge in [-0.05, 0) is 39.0 Å². The third-order valence-electron chi connectivity index (χ3n) is 4.46. The third-order valence-corrected chi connectivity index (χ3v) is 4.46. The number of rotatable bonds is 15. The Balaban J connectivity index is 5.45. The molecule has 0 aliphatic carbocycles. The Bertz CT molecular complexity index is 749. The Labute approximate surface area is 193 Å². The fraction of sp³-hybridized carbons (Fsp3) is 0.700. The van der Waals surface area contributed by atoms with Crippen molar-refractivity contribution in [3.8, 4) is 0 Å². The molecular weight excluding hydrogens is 434 g/mol. The number of urea groups is 1. The maximum Gasteiger partial charge on any atom is 0.328 e. The quantitative estimate of drug-likeness (QED) is 0.0660. The molecule has 4 amide bonds. The molecule has 3 atom stereocenters. The van der Waals surface area contributed by atoms with Crippen molar-refractivity contribution in [3.63, 3.8) is 0 Å². The molecule has 0 heterocycles. The van der Waals surface area contributed by atoms with Gasteiger partial charge in [-0.1, -0.05) is 13.8 Å². The van der Waals surface area contributed by atoms with Crippen molar-refractivity contribution in [1.29, 1.82) is 0 Å². The molecule has 0 radical (unpaired) electrons. The smallest absolute Gasteiger partial charge is 0.328 e. The molecule has 13 heteroatoms. The van der Waals surface area contributed by atoms with Crippen LogP contribution in [0.4, 0.5) is 4.79 Å². The van der Waals surface area contributed by atoms with Crippen LogP contribution in [0.25, 0.3) is 5.53 Å². The number of esters is 1. The highest BCUT2D eigenvalue weighted by molar-refractivity contribution is 6.25. The molecule has 0 aromatic carbocycles. The van der Waals surface area contributed by atoms with E-state index in [1.54, 1.807) is 27.7 Å². The number of Topliss-reactive ketones (excluding diaryl/α,β-unsaturated/α-hetero) is 1. The summed E-state index contributed by atoms with van der Waals surface area (Å²) in [5.74, 6) is -2.74. The summed E-state index contributed by atoms with van der Waals surface area (Å²) in [5.41, 5.74) is 19.3. The number of carbonyl (C=O) groups excluding carboxylic acids is 5. The van der Waals surface area contributed by atoms with E-state index in [1.807, 2.05) is 0 Å². The van der Waals surface area contributed by atoms with Gasteiger partial charge >= 0.3 is 18.2 Å².